The van der Waals surface area contributed by atoms with E-state index in [1.54, 1.807) is 18.3 Å². The number of hydrogen-bond donors (Lipinski definition) is 1. The molecule has 1 atom stereocenters. The SMILES string of the molecule is CCC(C)OC(=O)CNCc1ccccc1-c1nc(C(C)C)n(C=CC=O)c1-c1ccc(F)cc1. The number of carbonyl (C=O) groups is 2. The molecule has 1 N–H and O–H groups in total. The zero-order chi connectivity index (χ0) is 25.4. The predicted octanol–water partition coefficient (Wildman–Crippen LogP) is 5.58. The summed E-state index contributed by atoms with van der Waals surface area (Å²) in [6.45, 7) is 8.42. The van der Waals surface area contributed by atoms with Gasteiger partial charge in [-0.15, -0.1) is 0 Å². The largest absolute Gasteiger partial charge is 0.462 e. The van der Waals surface area contributed by atoms with Crippen molar-refractivity contribution in [1.82, 2.24) is 14.9 Å². The average molecular weight is 478 g/mol. The second kappa shape index (κ2) is 12.2. The number of halogens is 1. The highest BCUT2D eigenvalue weighted by Crippen LogP contribution is 2.36. The van der Waals surface area contributed by atoms with Crippen LogP contribution in [0.3, 0.4) is 0 Å². The highest BCUT2D eigenvalue weighted by Gasteiger charge is 2.22. The summed E-state index contributed by atoms with van der Waals surface area (Å²) in [4.78, 5) is 28.2. The number of esters is 1. The summed E-state index contributed by atoms with van der Waals surface area (Å²) in [5.41, 5.74) is 4.09. The first-order valence-electron chi connectivity index (χ1n) is 11.8. The average Bonchev–Trinajstić information content (AvgIpc) is 3.23. The molecule has 0 aliphatic heterocycles. The molecule has 3 rings (SSSR count). The number of ether oxygens (including phenoxy) is 1. The topological polar surface area (TPSA) is 73.2 Å². The lowest BCUT2D eigenvalue weighted by Crippen LogP contribution is -2.27. The van der Waals surface area contributed by atoms with E-state index >= 15 is 0 Å². The van der Waals surface area contributed by atoms with Gasteiger partial charge in [-0.05, 0) is 49.2 Å². The third-order valence-electron chi connectivity index (χ3n) is 5.65. The van der Waals surface area contributed by atoms with Crippen molar-refractivity contribution < 1.29 is 18.7 Å². The van der Waals surface area contributed by atoms with Crippen LogP contribution in [-0.2, 0) is 20.9 Å². The van der Waals surface area contributed by atoms with E-state index in [4.69, 9.17) is 9.72 Å². The van der Waals surface area contributed by atoms with Gasteiger partial charge >= 0.3 is 5.97 Å². The predicted molar refractivity (Wildman–Crippen MR) is 136 cm³/mol. The van der Waals surface area contributed by atoms with E-state index in [2.05, 4.69) is 5.32 Å². The van der Waals surface area contributed by atoms with Crippen molar-refractivity contribution in [2.24, 2.45) is 0 Å². The fourth-order valence-electron chi connectivity index (χ4n) is 3.75. The minimum Gasteiger partial charge on any atom is -0.462 e. The molecule has 0 aliphatic rings. The van der Waals surface area contributed by atoms with Gasteiger partial charge in [0, 0.05) is 29.8 Å². The molecule has 0 spiro atoms. The third-order valence-corrected chi connectivity index (χ3v) is 5.65. The number of allylic oxidation sites excluding steroid dienone is 1. The Kier molecular flexibility index (Phi) is 9.09. The molecule has 184 valence electrons. The van der Waals surface area contributed by atoms with E-state index in [1.165, 1.54) is 18.2 Å². The summed E-state index contributed by atoms with van der Waals surface area (Å²) in [7, 11) is 0. The Labute approximate surface area is 205 Å². The summed E-state index contributed by atoms with van der Waals surface area (Å²) in [6, 6.07) is 14.0. The van der Waals surface area contributed by atoms with E-state index in [0.717, 1.165) is 40.3 Å². The van der Waals surface area contributed by atoms with Crippen LogP contribution in [0, 0.1) is 5.82 Å². The molecule has 0 saturated carbocycles. The number of aldehydes is 1. The van der Waals surface area contributed by atoms with Crippen LogP contribution in [0.15, 0.2) is 54.6 Å². The Morgan fingerprint density at radius 3 is 2.51 bits per heavy atom. The first-order chi connectivity index (χ1) is 16.8. The number of rotatable bonds is 11. The monoisotopic (exact) mass is 477 g/mol. The Bertz CT molecular complexity index is 1180. The van der Waals surface area contributed by atoms with Crippen LogP contribution in [0.25, 0.3) is 28.7 Å². The van der Waals surface area contributed by atoms with Crippen LogP contribution < -0.4 is 5.32 Å². The van der Waals surface area contributed by atoms with Gasteiger partial charge in [-0.2, -0.15) is 0 Å². The lowest BCUT2D eigenvalue weighted by molar-refractivity contribution is -0.147. The van der Waals surface area contributed by atoms with Crippen molar-refractivity contribution in [1.29, 1.82) is 0 Å². The minimum absolute atomic E-state index is 0.0693. The van der Waals surface area contributed by atoms with Gasteiger partial charge in [-0.25, -0.2) is 9.37 Å². The quantitative estimate of drug-likeness (QED) is 0.222. The number of nitrogens with zero attached hydrogens (tertiary/aromatic N) is 2. The number of benzene rings is 2. The lowest BCUT2D eigenvalue weighted by Gasteiger charge is -2.14. The van der Waals surface area contributed by atoms with Crippen molar-refractivity contribution in [3.05, 3.63) is 71.8 Å². The molecule has 7 heteroatoms. The lowest BCUT2D eigenvalue weighted by atomic mass is 10.00. The highest BCUT2D eigenvalue weighted by atomic mass is 19.1. The molecule has 0 amide bonds. The molecule has 0 bridgehead atoms. The van der Waals surface area contributed by atoms with Gasteiger partial charge in [0.25, 0.3) is 0 Å². The van der Waals surface area contributed by atoms with E-state index in [9.17, 15) is 14.0 Å². The van der Waals surface area contributed by atoms with Gasteiger partial charge < -0.3 is 14.6 Å². The van der Waals surface area contributed by atoms with Crippen LogP contribution >= 0.6 is 0 Å². The number of nitrogens with one attached hydrogen (secondary N) is 1. The molecule has 1 heterocycles. The molecular weight excluding hydrogens is 445 g/mol. The first kappa shape index (κ1) is 26.0. The number of imidazole rings is 1. The van der Waals surface area contributed by atoms with Gasteiger partial charge in [-0.3, -0.25) is 9.59 Å². The van der Waals surface area contributed by atoms with Crippen LogP contribution in [0.1, 0.15) is 51.4 Å². The summed E-state index contributed by atoms with van der Waals surface area (Å²) >= 11 is 0. The smallest absolute Gasteiger partial charge is 0.320 e. The number of hydrogen-bond acceptors (Lipinski definition) is 5. The Balaban J connectivity index is 2.05. The van der Waals surface area contributed by atoms with E-state index in [-0.39, 0.29) is 30.4 Å². The van der Waals surface area contributed by atoms with Gasteiger partial charge in [-0.1, -0.05) is 45.0 Å². The molecule has 1 unspecified atom stereocenters. The molecule has 0 saturated heterocycles. The van der Waals surface area contributed by atoms with Crippen LogP contribution in [0.5, 0.6) is 0 Å². The van der Waals surface area contributed by atoms with Crippen molar-refractivity contribution in [3.63, 3.8) is 0 Å². The molecular formula is C28H32FN3O3. The van der Waals surface area contributed by atoms with Gasteiger partial charge in [0.05, 0.1) is 24.0 Å². The zero-order valence-electron chi connectivity index (χ0n) is 20.6. The highest BCUT2D eigenvalue weighted by molar-refractivity contribution is 5.83. The Morgan fingerprint density at radius 1 is 1.14 bits per heavy atom. The Hall–Kier alpha value is -3.58. The molecule has 0 fully saturated rings. The summed E-state index contributed by atoms with van der Waals surface area (Å²) < 4.78 is 20.9. The van der Waals surface area contributed by atoms with Crippen molar-refractivity contribution >= 4 is 18.5 Å². The fourth-order valence-corrected chi connectivity index (χ4v) is 3.75. The number of carbonyl (C=O) groups excluding carboxylic acids is 2. The molecule has 1 aromatic heterocycles. The molecule has 0 aliphatic carbocycles. The minimum atomic E-state index is -0.331. The van der Waals surface area contributed by atoms with Gasteiger partial charge in [0.1, 0.15) is 17.9 Å². The van der Waals surface area contributed by atoms with E-state index in [1.807, 2.05) is 56.5 Å². The number of aromatic nitrogens is 2. The summed E-state index contributed by atoms with van der Waals surface area (Å²) in [5.74, 6) is 0.217. The molecule has 35 heavy (non-hydrogen) atoms. The second-order valence-electron chi connectivity index (χ2n) is 8.65. The molecule has 2 aromatic carbocycles. The van der Waals surface area contributed by atoms with Crippen molar-refractivity contribution in [3.8, 4) is 22.5 Å². The fraction of sp³-hybridized carbons (Fsp3) is 0.321. The van der Waals surface area contributed by atoms with Gasteiger partial charge in [0.2, 0.25) is 0 Å². The molecule has 6 nitrogen and oxygen atoms in total. The van der Waals surface area contributed by atoms with Crippen LogP contribution in [-0.4, -0.2) is 34.5 Å². The van der Waals surface area contributed by atoms with Crippen molar-refractivity contribution in [2.45, 2.75) is 52.7 Å². The van der Waals surface area contributed by atoms with E-state index in [0.29, 0.717) is 12.8 Å². The summed E-state index contributed by atoms with van der Waals surface area (Å²) in [5, 5.41) is 3.17. The second-order valence-corrected chi connectivity index (χ2v) is 8.65. The standard InChI is InChI=1S/C28H32FN3O3/c1-5-20(4)35-25(34)18-30-17-22-9-6-7-10-24(22)26-27(21-11-13-23(29)14-12-21)32(15-8-16-33)28(31-26)19(2)3/h6-16,19-20,30H,5,17-18H2,1-4H3. The maximum absolute atomic E-state index is 13.7. The van der Waals surface area contributed by atoms with Gasteiger partial charge in [0.15, 0.2) is 0 Å². The normalized spacial score (nSPS) is 12.3. The summed E-state index contributed by atoms with van der Waals surface area (Å²) in [6.07, 6.45) is 4.46. The molecule has 3 aromatic rings. The molecule has 0 radical (unpaired) electrons. The van der Waals surface area contributed by atoms with E-state index < -0.39 is 0 Å². The third kappa shape index (κ3) is 6.51. The van der Waals surface area contributed by atoms with Crippen LogP contribution in [0.4, 0.5) is 4.39 Å². The van der Waals surface area contributed by atoms with Crippen LogP contribution in [0.2, 0.25) is 0 Å². The first-order valence-corrected chi connectivity index (χ1v) is 11.8. The zero-order valence-corrected chi connectivity index (χ0v) is 20.6. The van der Waals surface area contributed by atoms with Crippen molar-refractivity contribution in [2.75, 3.05) is 6.54 Å². The maximum Gasteiger partial charge on any atom is 0.320 e. The maximum atomic E-state index is 13.7. The Morgan fingerprint density at radius 2 is 1.86 bits per heavy atom.